The zero-order chi connectivity index (χ0) is 12.1. The van der Waals surface area contributed by atoms with Crippen molar-refractivity contribution in [3.8, 4) is 5.75 Å². The van der Waals surface area contributed by atoms with Gasteiger partial charge in [-0.1, -0.05) is 6.07 Å². The van der Waals surface area contributed by atoms with E-state index in [1.165, 1.54) is 24.0 Å². The monoisotopic (exact) mass is 235 g/mol. The van der Waals surface area contributed by atoms with Crippen LogP contribution in [0.2, 0.25) is 0 Å². The van der Waals surface area contributed by atoms with Crippen molar-refractivity contribution in [2.75, 3.05) is 20.3 Å². The molecule has 1 unspecified atom stereocenters. The fourth-order valence-electron chi connectivity index (χ4n) is 2.51. The Hall–Kier alpha value is -1.06. The molecular weight excluding hydrogens is 214 g/mol. The molecule has 1 aliphatic carbocycles. The van der Waals surface area contributed by atoms with Crippen molar-refractivity contribution in [1.29, 1.82) is 0 Å². The molecule has 1 aromatic rings. The summed E-state index contributed by atoms with van der Waals surface area (Å²) < 4.78 is 5.04. The van der Waals surface area contributed by atoms with Gasteiger partial charge in [-0.25, -0.2) is 0 Å². The van der Waals surface area contributed by atoms with Crippen molar-refractivity contribution in [1.82, 2.24) is 5.32 Å². The minimum Gasteiger partial charge on any atom is -0.508 e. The van der Waals surface area contributed by atoms with Gasteiger partial charge in [0.05, 0.1) is 0 Å². The first kappa shape index (κ1) is 12.4. The lowest BCUT2D eigenvalue weighted by Gasteiger charge is -2.26. The van der Waals surface area contributed by atoms with Gasteiger partial charge >= 0.3 is 0 Å². The molecule has 1 aliphatic rings. The van der Waals surface area contributed by atoms with Crippen molar-refractivity contribution in [3.63, 3.8) is 0 Å². The molecule has 0 aliphatic heterocycles. The summed E-state index contributed by atoms with van der Waals surface area (Å²) in [5, 5.41) is 13.1. The first-order chi connectivity index (χ1) is 8.31. The van der Waals surface area contributed by atoms with E-state index in [1.807, 2.05) is 6.07 Å². The summed E-state index contributed by atoms with van der Waals surface area (Å²) in [6.45, 7) is 1.79. The van der Waals surface area contributed by atoms with Gasteiger partial charge in [0.15, 0.2) is 0 Å². The van der Waals surface area contributed by atoms with Gasteiger partial charge in [-0.05, 0) is 55.5 Å². The van der Waals surface area contributed by atoms with Crippen LogP contribution < -0.4 is 5.32 Å². The maximum atomic E-state index is 9.48. The van der Waals surface area contributed by atoms with E-state index in [0.717, 1.165) is 26.0 Å². The predicted molar refractivity (Wildman–Crippen MR) is 68.3 cm³/mol. The van der Waals surface area contributed by atoms with Crippen molar-refractivity contribution in [3.05, 3.63) is 29.3 Å². The predicted octanol–water partition coefficient (Wildman–Crippen LogP) is 2.40. The summed E-state index contributed by atoms with van der Waals surface area (Å²) in [6, 6.07) is 6.18. The Bertz CT molecular complexity index is 365. The first-order valence-corrected chi connectivity index (χ1v) is 6.35. The Labute approximate surface area is 103 Å². The van der Waals surface area contributed by atoms with Crippen molar-refractivity contribution in [2.45, 2.75) is 31.7 Å². The molecule has 17 heavy (non-hydrogen) atoms. The van der Waals surface area contributed by atoms with Gasteiger partial charge < -0.3 is 15.2 Å². The van der Waals surface area contributed by atoms with E-state index in [1.54, 1.807) is 13.2 Å². The van der Waals surface area contributed by atoms with E-state index in [9.17, 15) is 5.11 Å². The normalized spacial score (nSPS) is 19.0. The second kappa shape index (κ2) is 6.03. The standard InChI is InChI=1S/C14H21NO2/c1-17-9-3-8-15-14-5-2-4-11-10-12(16)6-7-13(11)14/h6-7,10,14-16H,2-5,8-9H2,1H3. The van der Waals surface area contributed by atoms with Gasteiger partial charge in [0.25, 0.3) is 0 Å². The number of ether oxygens (including phenoxy) is 1. The van der Waals surface area contributed by atoms with E-state index < -0.39 is 0 Å². The Morgan fingerprint density at radius 2 is 2.35 bits per heavy atom. The van der Waals surface area contributed by atoms with E-state index in [0.29, 0.717) is 11.8 Å². The van der Waals surface area contributed by atoms with Gasteiger partial charge in [0.2, 0.25) is 0 Å². The molecule has 2 rings (SSSR count). The number of phenols is 1. The number of methoxy groups -OCH3 is 1. The lowest BCUT2D eigenvalue weighted by Crippen LogP contribution is -2.26. The number of hydrogen-bond donors (Lipinski definition) is 2. The zero-order valence-electron chi connectivity index (χ0n) is 10.4. The van der Waals surface area contributed by atoms with Crippen LogP contribution in [0.3, 0.4) is 0 Å². The Kier molecular flexibility index (Phi) is 4.40. The highest BCUT2D eigenvalue weighted by molar-refractivity contribution is 5.38. The quantitative estimate of drug-likeness (QED) is 0.770. The van der Waals surface area contributed by atoms with Crippen LogP contribution in [0.4, 0.5) is 0 Å². The van der Waals surface area contributed by atoms with Gasteiger partial charge in [-0.2, -0.15) is 0 Å². The van der Waals surface area contributed by atoms with E-state index in [2.05, 4.69) is 11.4 Å². The fourth-order valence-corrected chi connectivity index (χ4v) is 2.51. The third-order valence-electron chi connectivity index (χ3n) is 3.36. The molecule has 0 fully saturated rings. The van der Waals surface area contributed by atoms with E-state index >= 15 is 0 Å². The Balaban J connectivity index is 1.97. The summed E-state index contributed by atoms with van der Waals surface area (Å²) in [4.78, 5) is 0. The molecule has 3 nitrogen and oxygen atoms in total. The molecule has 0 spiro atoms. The summed E-state index contributed by atoms with van der Waals surface area (Å²) >= 11 is 0. The summed E-state index contributed by atoms with van der Waals surface area (Å²) in [6.07, 6.45) is 4.50. The zero-order valence-corrected chi connectivity index (χ0v) is 10.4. The largest absolute Gasteiger partial charge is 0.508 e. The molecule has 0 heterocycles. The molecule has 3 heteroatoms. The summed E-state index contributed by atoms with van der Waals surface area (Å²) in [5.41, 5.74) is 2.65. The molecule has 0 amide bonds. The Morgan fingerprint density at radius 3 is 3.18 bits per heavy atom. The first-order valence-electron chi connectivity index (χ1n) is 6.35. The van der Waals surface area contributed by atoms with Crippen LogP contribution in [0.25, 0.3) is 0 Å². The molecule has 0 aromatic heterocycles. The second-order valence-corrected chi connectivity index (χ2v) is 4.63. The van der Waals surface area contributed by atoms with Crippen LogP contribution in [0, 0.1) is 0 Å². The number of aromatic hydroxyl groups is 1. The highest BCUT2D eigenvalue weighted by atomic mass is 16.5. The molecule has 0 saturated heterocycles. The average Bonchev–Trinajstić information content (AvgIpc) is 2.34. The lowest BCUT2D eigenvalue weighted by atomic mass is 9.87. The van der Waals surface area contributed by atoms with E-state index in [-0.39, 0.29) is 0 Å². The van der Waals surface area contributed by atoms with Crippen LogP contribution in [0.1, 0.15) is 36.4 Å². The number of rotatable bonds is 5. The molecule has 0 saturated carbocycles. The Morgan fingerprint density at radius 1 is 1.47 bits per heavy atom. The van der Waals surface area contributed by atoms with Gasteiger partial charge in [0.1, 0.15) is 5.75 Å². The number of hydrogen-bond acceptors (Lipinski definition) is 3. The minimum atomic E-state index is 0.379. The van der Waals surface area contributed by atoms with Gasteiger partial charge in [-0.3, -0.25) is 0 Å². The van der Waals surface area contributed by atoms with Crippen LogP contribution >= 0.6 is 0 Å². The van der Waals surface area contributed by atoms with Crippen LogP contribution in [-0.4, -0.2) is 25.4 Å². The second-order valence-electron chi connectivity index (χ2n) is 4.63. The third kappa shape index (κ3) is 3.20. The highest BCUT2D eigenvalue weighted by Crippen LogP contribution is 2.31. The lowest BCUT2D eigenvalue weighted by molar-refractivity contribution is 0.192. The van der Waals surface area contributed by atoms with Crippen molar-refractivity contribution >= 4 is 0 Å². The number of phenolic OH excluding ortho intramolecular Hbond substituents is 1. The molecule has 1 aromatic carbocycles. The van der Waals surface area contributed by atoms with Crippen LogP contribution in [-0.2, 0) is 11.2 Å². The van der Waals surface area contributed by atoms with Crippen molar-refractivity contribution < 1.29 is 9.84 Å². The molecule has 1 atom stereocenters. The number of aryl methyl sites for hydroxylation is 1. The SMILES string of the molecule is COCCCNC1CCCc2cc(O)ccc21. The van der Waals surface area contributed by atoms with E-state index in [4.69, 9.17) is 4.74 Å². The van der Waals surface area contributed by atoms with Gasteiger partial charge in [0, 0.05) is 19.8 Å². The molecule has 2 N–H and O–H groups in total. The number of fused-ring (bicyclic) bond motifs is 1. The fraction of sp³-hybridized carbons (Fsp3) is 0.571. The molecule has 94 valence electrons. The van der Waals surface area contributed by atoms with Crippen LogP contribution in [0.5, 0.6) is 5.75 Å². The minimum absolute atomic E-state index is 0.379. The average molecular weight is 235 g/mol. The molecular formula is C14H21NO2. The van der Waals surface area contributed by atoms with Crippen LogP contribution in [0.15, 0.2) is 18.2 Å². The highest BCUT2D eigenvalue weighted by Gasteiger charge is 2.19. The summed E-state index contributed by atoms with van der Waals surface area (Å²) in [7, 11) is 1.73. The number of benzene rings is 1. The smallest absolute Gasteiger partial charge is 0.115 e. The maximum absolute atomic E-state index is 9.48. The van der Waals surface area contributed by atoms with Crippen molar-refractivity contribution in [2.24, 2.45) is 0 Å². The third-order valence-corrected chi connectivity index (χ3v) is 3.36. The molecule has 0 bridgehead atoms. The topological polar surface area (TPSA) is 41.5 Å². The maximum Gasteiger partial charge on any atom is 0.115 e. The summed E-state index contributed by atoms with van der Waals surface area (Å²) in [5.74, 6) is 0.379. The van der Waals surface area contributed by atoms with Gasteiger partial charge in [-0.15, -0.1) is 0 Å². The number of nitrogens with one attached hydrogen (secondary N) is 1. The molecule has 0 radical (unpaired) electrons.